The van der Waals surface area contributed by atoms with Crippen molar-refractivity contribution in [3.63, 3.8) is 0 Å². The third kappa shape index (κ3) is 2.38. The van der Waals surface area contributed by atoms with Crippen molar-refractivity contribution < 1.29 is 4.79 Å². The van der Waals surface area contributed by atoms with Crippen molar-refractivity contribution in [2.24, 2.45) is 0 Å². The van der Waals surface area contributed by atoms with Crippen LogP contribution in [-0.4, -0.2) is 38.6 Å². The Morgan fingerprint density at radius 2 is 2.37 bits per heavy atom. The summed E-state index contributed by atoms with van der Waals surface area (Å²) in [5.74, 6) is 0.259. The van der Waals surface area contributed by atoms with Gasteiger partial charge in [0.15, 0.2) is 0 Å². The van der Waals surface area contributed by atoms with Crippen LogP contribution in [0.3, 0.4) is 0 Å². The zero-order chi connectivity index (χ0) is 13.2. The third-order valence-corrected chi connectivity index (χ3v) is 4.08. The van der Waals surface area contributed by atoms with Gasteiger partial charge in [0, 0.05) is 12.2 Å². The Morgan fingerprint density at radius 3 is 3.11 bits per heavy atom. The molecule has 2 aliphatic heterocycles. The highest BCUT2D eigenvalue weighted by atomic mass is 16.2. The number of rotatable bonds is 4. The summed E-state index contributed by atoms with van der Waals surface area (Å²) < 4.78 is 0. The number of hydrogen-bond acceptors (Lipinski definition) is 3. The molecule has 102 valence electrons. The van der Waals surface area contributed by atoms with Gasteiger partial charge in [0.25, 0.3) is 0 Å². The summed E-state index contributed by atoms with van der Waals surface area (Å²) in [6, 6.07) is 6.83. The molecule has 0 bridgehead atoms. The summed E-state index contributed by atoms with van der Waals surface area (Å²) in [6.07, 6.45) is 2.65. The quantitative estimate of drug-likeness (QED) is 0.836. The van der Waals surface area contributed by atoms with E-state index in [2.05, 4.69) is 28.8 Å². The van der Waals surface area contributed by atoms with E-state index in [9.17, 15) is 4.79 Å². The van der Waals surface area contributed by atoms with Crippen molar-refractivity contribution in [1.82, 2.24) is 10.6 Å². The van der Waals surface area contributed by atoms with E-state index in [0.717, 1.165) is 38.2 Å². The lowest BCUT2D eigenvalue weighted by Crippen LogP contribution is -2.39. The molecular formula is C15H21N3O. The first-order valence-electron chi connectivity index (χ1n) is 7.09. The Labute approximate surface area is 114 Å². The van der Waals surface area contributed by atoms with Crippen molar-refractivity contribution in [3.05, 3.63) is 29.3 Å². The lowest BCUT2D eigenvalue weighted by molar-refractivity contribution is -0.117. The number of carbonyl (C=O) groups excluding carboxylic acids is 1. The van der Waals surface area contributed by atoms with E-state index in [1.54, 1.807) is 0 Å². The fourth-order valence-corrected chi connectivity index (χ4v) is 3.08. The van der Waals surface area contributed by atoms with Crippen LogP contribution in [0.1, 0.15) is 17.5 Å². The molecule has 4 nitrogen and oxygen atoms in total. The minimum Gasteiger partial charge on any atom is -0.319 e. The summed E-state index contributed by atoms with van der Waals surface area (Å²) in [5.41, 5.74) is 3.64. The first-order valence-corrected chi connectivity index (χ1v) is 7.09. The topological polar surface area (TPSA) is 44.4 Å². The SMILES string of the molecule is CNCCc1ccc2c(c1)CC(=O)N2C1CCNC1. The smallest absolute Gasteiger partial charge is 0.231 e. The predicted octanol–water partition coefficient (Wildman–Crippen LogP) is 0.700. The molecule has 2 aliphatic rings. The molecule has 1 amide bonds. The van der Waals surface area contributed by atoms with Crippen molar-refractivity contribution in [3.8, 4) is 0 Å². The maximum atomic E-state index is 12.2. The number of hydrogen-bond donors (Lipinski definition) is 2. The van der Waals surface area contributed by atoms with Gasteiger partial charge < -0.3 is 15.5 Å². The molecule has 3 rings (SSSR count). The van der Waals surface area contributed by atoms with Crippen LogP contribution in [-0.2, 0) is 17.6 Å². The molecule has 0 radical (unpaired) electrons. The Kier molecular flexibility index (Phi) is 3.53. The van der Waals surface area contributed by atoms with E-state index in [1.165, 1.54) is 11.1 Å². The van der Waals surface area contributed by atoms with E-state index >= 15 is 0 Å². The number of carbonyl (C=O) groups is 1. The first kappa shape index (κ1) is 12.6. The zero-order valence-electron chi connectivity index (χ0n) is 11.4. The van der Waals surface area contributed by atoms with Crippen LogP contribution in [0.4, 0.5) is 5.69 Å². The molecule has 0 aromatic heterocycles. The summed E-state index contributed by atoms with van der Waals surface area (Å²) in [5, 5.41) is 6.50. The van der Waals surface area contributed by atoms with Crippen molar-refractivity contribution in [2.45, 2.75) is 25.3 Å². The number of anilines is 1. The summed E-state index contributed by atoms with van der Waals surface area (Å²) in [4.78, 5) is 14.2. The van der Waals surface area contributed by atoms with E-state index in [-0.39, 0.29) is 5.91 Å². The van der Waals surface area contributed by atoms with Gasteiger partial charge >= 0.3 is 0 Å². The molecule has 2 heterocycles. The minimum atomic E-state index is 0.259. The number of amides is 1. The molecular weight excluding hydrogens is 238 g/mol. The molecule has 1 aromatic carbocycles. The first-order chi connectivity index (χ1) is 9.29. The van der Waals surface area contributed by atoms with Gasteiger partial charge in [-0.2, -0.15) is 0 Å². The lowest BCUT2D eigenvalue weighted by Gasteiger charge is -2.24. The number of likely N-dealkylation sites (N-methyl/N-ethyl adjacent to an activating group) is 1. The average molecular weight is 259 g/mol. The zero-order valence-corrected chi connectivity index (χ0v) is 11.4. The Hall–Kier alpha value is -1.39. The largest absolute Gasteiger partial charge is 0.319 e. The highest BCUT2D eigenvalue weighted by molar-refractivity contribution is 6.02. The van der Waals surface area contributed by atoms with Crippen LogP contribution in [0, 0.1) is 0 Å². The van der Waals surface area contributed by atoms with E-state index in [4.69, 9.17) is 0 Å². The maximum absolute atomic E-state index is 12.2. The lowest BCUT2D eigenvalue weighted by atomic mass is 10.1. The molecule has 1 aromatic rings. The van der Waals surface area contributed by atoms with E-state index < -0.39 is 0 Å². The van der Waals surface area contributed by atoms with Gasteiger partial charge in [0.2, 0.25) is 5.91 Å². The van der Waals surface area contributed by atoms with Crippen LogP contribution in [0.5, 0.6) is 0 Å². The molecule has 1 atom stereocenters. The molecule has 1 unspecified atom stereocenters. The Morgan fingerprint density at radius 1 is 1.47 bits per heavy atom. The second-order valence-corrected chi connectivity index (χ2v) is 5.40. The van der Waals surface area contributed by atoms with Gasteiger partial charge in [-0.15, -0.1) is 0 Å². The van der Waals surface area contributed by atoms with Gasteiger partial charge in [0.05, 0.1) is 12.5 Å². The molecule has 0 spiro atoms. The molecule has 0 aliphatic carbocycles. The molecule has 19 heavy (non-hydrogen) atoms. The van der Waals surface area contributed by atoms with Gasteiger partial charge in [-0.3, -0.25) is 4.79 Å². The molecule has 1 saturated heterocycles. The number of nitrogens with one attached hydrogen (secondary N) is 2. The van der Waals surface area contributed by atoms with Crippen molar-refractivity contribution in [2.75, 3.05) is 31.6 Å². The highest BCUT2D eigenvalue weighted by Crippen LogP contribution is 2.32. The van der Waals surface area contributed by atoms with E-state index in [0.29, 0.717) is 12.5 Å². The van der Waals surface area contributed by atoms with Crippen LogP contribution in [0.2, 0.25) is 0 Å². The number of benzene rings is 1. The summed E-state index contributed by atoms with van der Waals surface area (Å²) in [7, 11) is 1.96. The fourth-order valence-electron chi connectivity index (χ4n) is 3.08. The monoisotopic (exact) mass is 259 g/mol. The number of fused-ring (bicyclic) bond motifs is 1. The van der Waals surface area contributed by atoms with Gasteiger partial charge in [-0.05, 0) is 50.2 Å². The molecule has 4 heteroatoms. The normalized spacial score (nSPS) is 22.1. The van der Waals surface area contributed by atoms with Crippen LogP contribution >= 0.6 is 0 Å². The molecule has 0 saturated carbocycles. The molecule has 2 N–H and O–H groups in total. The van der Waals surface area contributed by atoms with Crippen LogP contribution in [0.25, 0.3) is 0 Å². The predicted molar refractivity (Wildman–Crippen MR) is 76.5 cm³/mol. The minimum absolute atomic E-state index is 0.259. The third-order valence-electron chi connectivity index (χ3n) is 4.08. The number of nitrogens with zero attached hydrogens (tertiary/aromatic N) is 1. The van der Waals surface area contributed by atoms with Crippen molar-refractivity contribution in [1.29, 1.82) is 0 Å². The summed E-state index contributed by atoms with van der Waals surface area (Å²) >= 11 is 0. The Balaban J connectivity index is 1.83. The van der Waals surface area contributed by atoms with Crippen molar-refractivity contribution >= 4 is 11.6 Å². The fraction of sp³-hybridized carbons (Fsp3) is 0.533. The van der Waals surface area contributed by atoms with E-state index in [1.807, 2.05) is 11.9 Å². The standard InChI is InChI=1S/C15H21N3O/c1-16-6-4-11-2-3-14-12(8-11)9-15(19)18(14)13-5-7-17-10-13/h2-3,8,13,16-17H,4-7,9-10H2,1H3. The van der Waals surface area contributed by atoms with Crippen LogP contribution < -0.4 is 15.5 Å². The Bertz CT molecular complexity index is 480. The average Bonchev–Trinajstić information content (AvgIpc) is 3.01. The van der Waals surface area contributed by atoms with Crippen LogP contribution in [0.15, 0.2) is 18.2 Å². The maximum Gasteiger partial charge on any atom is 0.231 e. The van der Waals surface area contributed by atoms with Gasteiger partial charge in [-0.25, -0.2) is 0 Å². The second kappa shape index (κ2) is 5.31. The molecule has 1 fully saturated rings. The second-order valence-electron chi connectivity index (χ2n) is 5.40. The van der Waals surface area contributed by atoms with Gasteiger partial charge in [-0.1, -0.05) is 12.1 Å². The summed E-state index contributed by atoms with van der Waals surface area (Å²) in [6.45, 7) is 2.92. The van der Waals surface area contributed by atoms with Gasteiger partial charge in [0.1, 0.15) is 0 Å². The highest BCUT2D eigenvalue weighted by Gasteiger charge is 2.34.